The number of pyridine rings is 1. The lowest BCUT2D eigenvalue weighted by Crippen LogP contribution is -2.12. The molecule has 7 heteroatoms. The molecule has 3 aromatic rings. The Morgan fingerprint density at radius 2 is 1.92 bits per heavy atom. The van der Waals surface area contributed by atoms with Crippen molar-refractivity contribution in [3.8, 4) is 0 Å². The number of nitrogen functional groups attached to an aromatic ring is 1. The van der Waals surface area contributed by atoms with Gasteiger partial charge >= 0.3 is 0 Å². The molecule has 2 aromatic heterocycles. The van der Waals surface area contributed by atoms with Crippen molar-refractivity contribution in [2.75, 3.05) is 11.1 Å². The number of carbonyl (C=O) groups excluding carboxylic acids is 1. The molecule has 0 bridgehead atoms. The van der Waals surface area contributed by atoms with Gasteiger partial charge in [0.2, 0.25) is 0 Å². The third kappa shape index (κ3) is 3.73. The summed E-state index contributed by atoms with van der Waals surface area (Å²) >= 11 is 13.5. The molecular weight excluding hydrogens is 377 g/mol. The molecule has 130 valence electrons. The summed E-state index contributed by atoms with van der Waals surface area (Å²) in [5, 5.41) is 4.27. The van der Waals surface area contributed by atoms with Crippen LogP contribution in [-0.2, 0) is 6.42 Å². The normalized spacial score (nSPS) is 11.2. The Balaban J connectivity index is 1.95. The molecule has 2 heterocycles. The molecule has 1 amide bonds. The predicted octanol–water partition coefficient (Wildman–Crippen LogP) is 5.64. The summed E-state index contributed by atoms with van der Waals surface area (Å²) in [6.07, 6.45) is 0.879. The van der Waals surface area contributed by atoms with E-state index in [1.165, 1.54) is 11.3 Å². The van der Waals surface area contributed by atoms with E-state index in [2.05, 4.69) is 24.1 Å². The van der Waals surface area contributed by atoms with Gasteiger partial charge in [-0.2, -0.15) is 0 Å². The van der Waals surface area contributed by atoms with Crippen LogP contribution >= 0.6 is 34.5 Å². The number of hydrogen-bond donors (Lipinski definition) is 2. The Hall–Kier alpha value is -1.82. The number of halogens is 2. The van der Waals surface area contributed by atoms with Crippen LogP contribution in [-0.4, -0.2) is 10.9 Å². The Kier molecular flexibility index (Phi) is 5.18. The lowest BCUT2D eigenvalue weighted by atomic mass is 10.1. The smallest absolute Gasteiger partial charge is 0.268 e. The first-order valence-electron chi connectivity index (χ1n) is 7.80. The third-order valence-corrected chi connectivity index (χ3v) is 5.42. The van der Waals surface area contributed by atoms with Gasteiger partial charge in [-0.3, -0.25) is 4.79 Å². The fourth-order valence-electron chi connectivity index (χ4n) is 2.52. The van der Waals surface area contributed by atoms with Gasteiger partial charge in [0.1, 0.15) is 9.71 Å². The maximum Gasteiger partial charge on any atom is 0.268 e. The maximum absolute atomic E-state index is 12.6. The van der Waals surface area contributed by atoms with Crippen molar-refractivity contribution in [1.29, 1.82) is 0 Å². The zero-order valence-electron chi connectivity index (χ0n) is 13.8. The van der Waals surface area contributed by atoms with Gasteiger partial charge in [-0.05, 0) is 36.6 Å². The molecule has 4 nitrogen and oxygen atoms in total. The number of thiophene rings is 1. The highest BCUT2D eigenvalue weighted by Crippen LogP contribution is 2.35. The number of nitrogens with one attached hydrogen (secondary N) is 1. The zero-order valence-corrected chi connectivity index (χ0v) is 16.1. The molecule has 0 fully saturated rings. The molecule has 0 aliphatic carbocycles. The van der Waals surface area contributed by atoms with Crippen LogP contribution in [0.4, 0.5) is 11.4 Å². The number of rotatable bonds is 4. The van der Waals surface area contributed by atoms with Crippen molar-refractivity contribution in [3.05, 3.63) is 50.9 Å². The highest BCUT2D eigenvalue weighted by molar-refractivity contribution is 7.21. The minimum atomic E-state index is -0.346. The highest BCUT2D eigenvalue weighted by Gasteiger charge is 2.19. The fourth-order valence-corrected chi connectivity index (χ4v) is 4.02. The first-order valence-corrected chi connectivity index (χ1v) is 9.37. The summed E-state index contributed by atoms with van der Waals surface area (Å²) in [6.45, 7) is 4.28. The van der Waals surface area contributed by atoms with Gasteiger partial charge in [0.25, 0.3) is 5.91 Å². The SMILES string of the molecule is CC(C)Cc1ccc2c(N)c(C(=O)Nc3c(Cl)cccc3Cl)sc2n1. The molecular formula is C18H17Cl2N3OS. The summed E-state index contributed by atoms with van der Waals surface area (Å²) in [5.41, 5.74) is 7.95. The van der Waals surface area contributed by atoms with Crippen LogP contribution < -0.4 is 11.1 Å². The van der Waals surface area contributed by atoms with Gasteiger partial charge in [0.15, 0.2) is 0 Å². The number of carbonyl (C=O) groups is 1. The van der Waals surface area contributed by atoms with Crippen molar-refractivity contribution in [1.82, 2.24) is 4.98 Å². The standard InChI is InChI=1S/C18H17Cl2N3OS/c1-9(2)8-10-6-7-11-14(21)16(25-18(11)22-10)17(24)23-15-12(19)4-3-5-13(15)20/h3-7,9H,8,21H2,1-2H3,(H,23,24). The molecule has 0 saturated carbocycles. The first-order chi connectivity index (χ1) is 11.9. The average molecular weight is 394 g/mol. The maximum atomic E-state index is 12.6. The van der Waals surface area contributed by atoms with E-state index < -0.39 is 0 Å². The molecule has 0 atom stereocenters. The number of fused-ring (bicyclic) bond motifs is 1. The second-order valence-electron chi connectivity index (χ2n) is 6.15. The summed E-state index contributed by atoms with van der Waals surface area (Å²) in [7, 11) is 0. The molecule has 0 aliphatic heterocycles. The van der Waals surface area contributed by atoms with Crippen LogP contribution in [0, 0.1) is 5.92 Å². The third-order valence-electron chi connectivity index (χ3n) is 3.68. The van der Waals surface area contributed by atoms with E-state index in [0.717, 1.165) is 22.3 Å². The Bertz CT molecular complexity index is 933. The van der Waals surface area contributed by atoms with E-state index in [4.69, 9.17) is 28.9 Å². The number of nitrogens with zero attached hydrogens (tertiary/aromatic N) is 1. The lowest BCUT2D eigenvalue weighted by Gasteiger charge is -2.08. The van der Waals surface area contributed by atoms with Crippen molar-refractivity contribution in [3.63, 3.8) is 0 Å². The summed E-state index contributed by atoms with van der Waals surface area (Å²) in [5.74, 6) is 0.160. The van der Waals surface area contributed by atoms with Gasteiger partial charge in [-0.1, -0.05) is 43.1 Å². The van der Waals surface area contributed by atoms with Crippen LogP contribution in [0.15, 0.2) is 30.3 Å². The summed E-state index contributed by atoms with van der Waals surface area (Å²) < 4.78 is 0. The van der Waals surface area contributed by atoms with E-state index in [-0.39, 0.29) is 5.91 Å². The molecule has 0 unspecified atom stereocenters. The van der Waals surface area contributed by atoms with Crippen molar-refractivity contribution in [2.24, 2.45) is 5.92 Å². The molecule has 3 rings (SSSR count). The van der Waals surface area contributed by atoms with Crippen molar-refractivity contribution < 1.29 is 4.79 Å². The van der Waals surface area contributed by atoms with Gasteiger partial charge < -0.3 is 11.1 Å². The molecule has 0 aliphatic rings. The molecule has 0 spiro atoms. The van der Waals surface area contributed by atoms with Crippen LogP contribution in [0.25, 0.3) is 10.2 Å². The minimum Gasteiger partial charge on any atom is -0.397 e. The van der Waals surface area contributed by atoms with Crippen molar-refractivity contribution >= 4 is 62.0 Å². The van der Waals surface area contributed by atoms with E-state index in [1.54, 1.807) is 18.2 Å². The Morgan fingerprint density at radius 1 is 1.24 bits per heavy atom. The van der Waals surface area contributed by atoms with E-state index in [0.29, 0.717) is 32.2 Å². The monoisotopic (exact) mass is 393 g/mol. The number of para-hydroxylation sites is 1. The van der Waals surface area contributed by atoms with Crippen LogP contribution in [0.1, 0.15) is 29.2 Å². The van der Waals surface area contributed by atoms with Gasteiger partial charge in [0.05, 0.1) is 21.4 Å². The number of anilines is 2. The van der Waals surface area contributed by atoms with Gasteiger partial charge in [-0.15, -0.1) is 11.3 Å². The number of nitrogens with two attached hydrogens (primary N) is 1. The molecule has 0 radical (unpaired) electrons. The molecule has 0 saturated heterocycles. The lowest BCUT2D eigenvalue weighted by molar-refractivity contribution is 0.103. The Labute approximate surface area is 160 Å². The topological polar surface area (TPSA) is 68.0 Å². The average Bonchev–Trinajstić information content (AvgIpc) is 2.87. The van der Waals surface area contributed by atoms with Crippen LogP contribution in [0.2, 0.25) is 10.0 Å². The quantitative estimate of drug-likeness (QED) is 0.602. The van der Waals surface area contributed by atoms with E-state index in [1.807, 2.05) is 12.1 Å². The highest BCUT2D eigenvalue weighted by atomic mass is 35.5. The molecule has 25 heavy (non-hydrogen) atoms. The number of benzene rings is 1. The van der Waals surface area contributed by atoms with Crippen molar-refractivity contribution in [2.45, 2.75) is 20.3 Å². The largest absolute Gasteiger partial charge is 0.397 e. The van der Waals surface area contributed by atoms with E-state index >= 15 is 0 Å². The fraction of sp³-hybridized carbons (Fsp3) is 0.222. The van der Waals surface area contributed by atoms with Crippen LogP contribution in [0.5, 0.6) is 0 Å². The summed E-state index contributed by atoms with van der Waals surface area (Å²) in [4.78, 5) is 18.4. The minimum absolute atomic E-state index is 0.346. The second kappa shape index (κ2) is 7.20. The van der Waals surface area contributed by atoms with Gasteiger partial charge in [-0.25, -0.2) is 4.98 Å². The zero-order chi connectivity index (χ0) is 18.1. The number of amides is 1. The van der Waals surface area contributed by atoms with E-state index in [9.17, 15) is 4.79 Å². The molecule has 3 N–H and O–H groups in total. The number of hydrogen-bond acceptors (Lipinski definition) is 4. The molecule has 1 aromatic carbocycles. The first kappa shape index (κ1) is 18.0. The predicted molar refractivity (Wildman–Crippen MR) is 107 cm³/mol. The number of aromatic nitrogens is 1. The van der Waals surface area contributed by atoms with Gasteiger partial charge in [0, 0.05) is 11.1 Å². The second-order valence-corrected chi connectivity index (χ2v) is 7.96. The van der Waals surface area contributed by atoms with Crippen LogP contribution in [0.3, 0.4) is 0 Å². The summed E-state index contributed by atoms with van der Waals surface area (Å²) in [6, 6.07) is 8.92. The Morgan fingerprint density at radius 3 is 2.56 bits per heavy atom.